The van der Waals surface area contributed by atoms with Crippen molar-refractivity contribution < 1.29 is 18.3 Å². The Morgan fingerprint density at radius 1 is 1.13 bits per heavy atom. The van der Waals surface area contributed by atoms with E-state index in [1.807, 2.05) is 18.2 Å². The van der Waals surface area contributed by atoms with Gasteiger partial charge in [0, 0.05) is 18.7 Å². The van der Waals surface area contributed by atoms with Gasteiger partial charge in [-0.25, -0.2) is 8.42 Å². The molecule has 2 atom stereocenters. The lowest BCUT2D eigenvalue weighted by molar-refractivity contribution is -0.0572. The van der Waals surface area contributed by atoms with Crippen molar-refractivity contribution in [3.05, 3.63) is 59.7 Å². The van der Waals surface area contributed by atoms with E-state index < -0.39 is 27.8 Å². The maximum atomic E-state index is 13.2. The molecule has 0 amide bonds. The second kappa shape index (κ2) is 7.96. The van der Waals surface area contributed by atoms with Gasteiger partial charge in [-0.2, -0.15) is 4.31 Å². The van der Waals surface area contributed by atoms with Crippen molar-refractivity contribution in [2.45, 2.75) is 55.8 Å². The van der Waals surface area contributed by atoms with Crippen molar-refractivity contribution in [3.63, 3.8) is 0 Å². The first-order valence-corrected chi connectivity index (χ1v) is 11.9. The van der Waals surface area contributed by atoms with Crippen LogP contribution in [0.15, 0.2) is 53.4 Å². The number of benzene rings is 2. The number of nitrogens with zero attached hydrogens (tertiary/aromatic N) is 1. The van der Waals surface area contributed by atoms with E-state index in [-0.39, 0.29) is 4.90 Å². The molecular formula is C23H30N2O4S. The van der Waals surface area contributed by atoms with Gasteiger partial charge in [-0.1, -0.05) is 30.3 Å². The van der Waals surface area contributed by atoms with Crippen LogP contribution in [0, 0.1) is 5.92 Å². The summed E-state index contributed by atoms with van der Waals surface area (Å²) >= 11 is 0. The van der Waals surface area contributed by atoms with E-state index >= 15 is 0 Å². The van der Waals surface area contributed by atoms with E-state index in [1.54, 1.807) is 36.4 Å². The van der Waals surface area contributed by atoms with E-state index in [0.29, 0.717) is 30.3 Å². The SMILES string of the molecule is CC1(C)Oc2ccc(S(=O)(=O)N3CCC(Cc4ccccc4)CC3)cc2[C@@H](N)[C@@H]1O. The van der Waals surface area contributed by atoms with Crippen LogP contribution in [0.25, 0.3) is 0 Å². The Kier molecular flexibility index (Phi) is 5.66. The van der Waals surface area contributed by atoms with Gasteiger partial charge in [0.05, 0.1) is 10.9 Å². The molecule has 0 bridgehead atoms. The van der Waals surface area contributed by atoms with Crippen molar-refractivity contribution >= 4 is 10.0 Å². The number of fused-ring (bicyclic) bond motifs is 1. The fourth-order valence-corrected chi connectivity index (χ4v) is 5.94. The Hall–Kier alpha value is -1.93. The molecule has 2 aliphatic rings. The maximum absolute atomic E-state index is 13.2. The monoisotopic (exact) mass is 430 g/mol. The van der Waals surface area contributed by atoms with Gasteiger partial charge < -0.3 is 15.6 Å². The summed E-state index contributed by atoms with van der Waals surface area (Å²) < 4.78 is 33.9. The Labute approximate surface area is 178 Å². The van der Waals surface area contributed by atoms with Crippen LogP contribution in [-0.4, -0.2) is 42.6 Å². The number of rotatable bonds is 4. The van der Waals surface area contributed by atoms with Crippen molar-refractivity contribution in [3.8, 4) is 5.75 Å². The van der Waals surface area contributed by atoms with Crippen LogP contribution in [0.5, 0.6) is 5.75 Å². The quantitative estimate of drug-likeness (QED) is 0.778. The van der Waals surface area contributed by atoms with Gasteiger partial charge in [0.2, 0.25) is 10.0 Å². The van der Waals surface area contributed by atoms with Crippen LogP contribution < -0.4 is 10.5 Å². The molecule has 0 radical (unpaired) electrons. The molecule has 0 unspecified atom stereocenters. The molecule has 162 valence electrons. The molecule has 2 aromatic rings. The van der Waals surface area contributed by atoms with Crippen LogP contribution >= 0.6 is 0 Å². The van der Waals surface area contributed by atoms with Crippen molar-refractivity contribution in [1.29, 1.82) is 0 Å². The number of aliphatic hydroxyl groups is 1. The largest absolute Gasteiger partial charge is 0.485 e. The average molecular weight is 431 g/mol. The first-order valence-electron chi connectivity index (χ1n) is 10.5. The number of hydrogen-bond donors (Lipinski definition) is 2. The Morgan fingerprint density at radius 2 is 1.80 bits per heavy atom. The lowest BCUT2D eigenvalue weighted by atomic mass is 9.87. The first kappa shape index (κ1) is 21.3. The highest BCUT2D eigenvalue weighted by Gasteiger charge is 2.42. The zero-order valence-electron chi connectivity index (χ0n) is 17.5. The number of hydrogen-bond acceptors (Lipinski definition) is 5. The van der Waals surface area contributed by atoms with Gasteiger partial charge in [0.25, 0.3) is 0 Å². The number of sulfonamides is 1. The van der Waals surface area contributed by atoms with Gasteiger partial charge >= 0.3 is 0 Å². The van der Waals surface area contributed by atoms with Crippen LogP contribution in [-0.2, 0) is 16.4 Å². The van der Waals surface area contributed by atoms with E-state index in [1.165, 1.54) is 5.56 Å². The zero-order valence-corrected chi connectivity index (χ0v) is 18.3. The molecule has 4 rings (SSSR count). The van der Waals surface area contributed by atoms with E-state index in [0.717, 1.165) is 19.3 Å². The molecule has 0 saturated carbocycles. The zero-order chi connectivity index (χ0) is 21.5. The molecule has 2 heterocycles. The molecular weight excluding hydrogens is 400 g/mol. The third kappa shape index (κ3) is 3.99. The molecule has 1 fully saturated rings. The van der Waals surface area contributed by atoms with E-state index in [9.17, 15) is 13.5 Å². The topological polar surface area (TPSA) is 92.9 Å². The summed E-state index contributed by atoms with van der Waals surface area (Å²) in [6.45, 7) is 4.56. The van der Waals surface area contributed by atoms with Crippen molar-refractivity contribution in [2.24, 2.45) is 11.7 Å². The minimum atomic E-state index is -3.62. The van der Waals surface area contributed by atoms with Gasteiger partial charge in [-0.3, -0.25) is 0 Å². The average Bonchev–Trinajstić information content (AvgIpc) is 2.73. The van der Waals surface area contributed by atoms with E-state index in [4.69, 9.17) is 10.5 Å². The highest BCUT2D eigenvalue weighted by molar-refractivity contribution is 7.89. The third-order valence-electron chi connectivity index (χ3n) is 6.34. The summed E-state index contributed by atoms with van der Waals surface area (Å²) in [5, 5.41) is 10.4. The summed E-state index contributed by atoms with van der Waals surface area (Å²) in [6.07, 6.45) is 1.74. The predicted molar refractivity (Wildman–Crippen MR) is 116 cm³/mol. The standard InChI is InChI=1S/C23H30N2O4S/c1-23(2)22(26)21(24)19-15-18(8-9-20(19)29-23)30(27,28)25-12-10-17(11-13-25)14-16-6-4-3-5-7-16/h3-9,15,17,21-22,26H,10-14,24H2,1-2H3/t21-,22+/m1/s1. The molecule has 2 aromatic carbocycles. The highest BCUT2D eigenvalue weighted by atomic mass is 32.2. The number of aliphatic hydroxyl groups excluding tert-OH is 1. The first-order chi connectivity index (χ1) is 14.2. The van der Waals surface area contributed by atoms with Crippen LogP contribution in [0.2, 0.25) is 0 Å². The molecule has 0 aliphatic carbocycles. The highest BCUT2D eigenvalue weighted by Crippen LogP contribution is 2.40. The third-order valence-corrected chi connectivity index (χ3v) is 8.24. The normalized spacial score (nSPS) is 24.8. The van der Waals surface area contributed by atoms with Crippen molar-refractivity contribution in [2.75, 3.05) is 13.1 Å². The summed E-state index contributed by atoms with van der Waals surface area (Å²) in [6, 6.07) is 14.4. The summed E-state index contributed by atoms with van der Waals surface area (Å²) in [5.41, 5.74) is 7.21. The van der Waals surface area contributed by atoms with Crippen molar-refractivity contribution in [1.82, 2.24) is 4.31 Å². The Balaban J connectivity index is 1.48. The molecule has 1 saturated heterocycles. The minimum absolute atomic E-state index is 0.203. The minimum Gasteiger partial charge on any atom is -0.485 e. The number of piperidine rings is 1. The molecule has 6 nitrogen and oxygen atoms in total. The summed E-state index contributed by atoms with van der Waals surface area (Å²) in [5.74, 6) is 1.01. The number of nitrogens with two attached hydrogens (primary N) is 1. The van der Waals surface area contributed by atoms with Gasteiger partial charge in [0.1, 0.15) is 17.5 Å². The lowest BCUT2D eigenvalue weighted by Crippen LogP contribution is -2.51. The van der Waals surface area contributed by atoms with Gasteiger partial charge in [-0.15, -0.1) is 0 Å². The molecule has 0 aromatic heterocycles. The molecule has 3 N–H and O–H groups in total. The second-order valence-electron chi connectivity index (χ2n) is 8.91. The smallest absolute Gasteiger partial charge is 0.243 e. The second-order valence-corrected chi connectivity index (χ2v) is 10.9. The van der Waals surface area contributed by atoms with Crippen LogP contribution in [0.1, 0.15) is 43.9 Å². The van der Waals surface area contributed by atoms with Gasteiger partial charge in [0.15, 0.2) is 0 Å². The summed E-state index contributed by atoms with van der Waals surface area (Å²) in [4.78, 5) is 0.203. The molecule has 7 heteroatoms. The fraction of sp³-hybridized carbons (Fsp3) is 0.478. The summed E-state index contributed by atoms with van der Waals surface area (Å²) in [7, 11) is -3.62. The Bertz CT molecular complexity index is 999. The van der Waals surface area contributed by atoms with E-state index in [2.05, 4.69) is 12.1 Å². The number of ether oxygens (including phenoxy) is 1. The molecule has 30 heavy (non-hydrogen) atoms. The molecule has 0 spiro atoms. The lowest BCUT2D eigenvalue weighted by Gasteiger charge is -2.41. The predicted octanol–water partition coefficient (Wildman–Crippen LogP) is 2.86. The van der Waals surface area contributed by atoms with Crippen LogP contribution in [0.4, 0.5) is 0 Å². The molecule has 2 aliphatic heterocycles. The van der Waals surface area contributed by atoms with Gasteiger partial charge in [-0.05, 0) is 62.8 Å². The maximum Gasteiger partial charge on any atom is 0.243 e. The fourth-order valence-electron chi connectivity index (χ4n) is 4.44. The Morgan fingerprint density at radius 3 is 2.47 bits per heavy atom. The van der Waals surface area contributed by atoms with Crippen LogP contribution in [0.3, 0.4) is 0 Å².